The Morgan fingerprint density at radius 2 is 1.03 bits per heavy atom. The Balaban J connectivity index is 2.08. The van der Waals surface area contributed by atoms with E-state index in [1.807, 2.05) is 0 Å². The monoisotopic (exact) mass is 668 g/mol. The molecule has 3 rings (SSSR count). The first kappa shape index (κ1) is 24.5. The van der Waals surface area contributed by atoms with Crippen LogP contribution in [-0.4, -0.2) is 36.6 Å². The molecule has 1 aliphatic carbocycles. The zero-order valence-corrected chi connectivity index (χ0v) is 22.7. The maximum Gasteiger partial charge on any atom is 0.147 e. The van der Waals surface area contributed by atoms with Gasteiger partial charge >= 0.3 is 0 Å². The Bertz CT molecular complexity index is 770. The molecular formula is C22H24Br4O4. The molecule has 4 nitrogen and oxygen atoms in total. The molecule has 30 heavy (non-hydrogen) atoms. The van der Waals surface area contributed by atoms with Crippen LogP contribution in [0.25, 0.3) is 0 Å². The van der Waals surface area contributed by atoms with Gasteiger partial charge < -0.3 is 19.7 Å². The van der Waals surface area contributed by atoms with Crippen LogP contribution in [-0.2, 0) is 5.41 Å². The van der Waals surface area contributed by atoms with Gasteiger partial charge in [0.15, 0.2) is 0 Å². The SMILES string of the molecule is OCCOc1c(Br)cc(C2(c3cc(Br)c(OCCO)c(Br)c3)CCCCC2)cc1Br. The zero-order valence-electron chi connectivity index (χ0n) is 16.4. The molecule has 0 spiro atoms. The maximum atomic E-state index is 9.10. The molecule has 0 bridgehead atoms. The van der Waals surface area contributed by atoms with Crippen LogP contribution in [0.1, 0.15) is 43.2 Å². The van der Waals surface area contributed by atoms with Crippen LogP contribution in [0.2, 0.25) is 0 Å². The Morgan fingerprint density at radius 1 is 0.667 bits per heavy atom. The summed E-state index contributed by atoms with van der Waals surface area (Å²) in [6.07, 6.45) is 5.67. The molecule has 1 fully saturated rings. The van der Waals surface area contributed by atoms with Crippen molar-refractivity contribution in [3.8, 4) is 11.5 Å². The van der Waals surface area contributed by atoms with E-state index in [1.165, 1.54) is 17.5 Å². The number of aliphatic hydroxyl groups is 2. The highest BCUT2D eigenvalue weighted by molar-refractivity contribution is 9.11. The second-order valence-corrected chi connectivity index (χ2v) is 10.7. The van der Waals surface area contributed by atoms with Gasteiger partial charge in [-0.1, -0.05) is 19.3 Å². The first-order chi connectivity index (χ1) is 14.4. The second kappa shape index (κ2) is 11.1. The molecule has 0 amide bonds. The standard InChI is InChI=1S/C22H24Br4O4/c23-16-10-14(11-17(24)20(16)29-8-6-27)22(4-2-1-3-5-22)15-12-18(25)21(19(26)13-15)30-9-7-28/h10-13,27-28H,1-9H2. The van der Waals surface area contributed by atoms with Crippen molar-refractivity contribution >= 4 is 63.7 Å². The van der Waals surface area contributed by atoms with E-state index in [0.717, 1.165) is 43.6 Å². The molecule has 164 valence electrons. The van der Waals surface area contributed by atoms with Gasteiger partial charge in [-0.2, -0.15) is 0 Å². The molecule has 8 heteroatoms. The van der Waals surface area contributed by atoms with E-state index < -0.39 is 0 Å². The van der Waals surface area contributed by atoms with Crippen LogP contribution in [0.3, 0.4) is 0 Å². The normalized spacial score (nSPS) is 15.8. The van der Waals surface area contributed by atoms with Crippen molar-refractivity contribution in [2.24, 2.45) is 0 Å². The van der Waals surface area contributed by atoms with Gasteiger partial charge in [-0.05, 0) is 112 Å². The number of rotatable bonds is 8. The van der Waals surface area contributed by atoms with E-state index in [-0.39, 0.29) is 31.8 Å². The smallest absolute Gasteiger partial charge is 0.147 e. The van der Waals surface area contributed by atoms with Crippen molar-refractivity contribution in [2.75, 3.05) is 26.4 Å². The van der Waals surface area contributed by atoms with E-state index in [0.29, 0.717) is 11.5 Å². The molecule has 1 aliphatic rings. The van der Waals surface area contributed by atoms with E-state index in [9.17, 15) is 0 Å². The minimum atomic E-state index is -0.126. The summed E-state index contributed by atoms with van der Waals surface area (Å²) in [5.74, 6) is 1.41. The quantitative estimate of drug-likeness (QED) is 0.327. The number of aliphatic hydroxyl groups excluding tert-OH is 2. The number of benzene rings is 2. The van der Waals surface area contributed by atoms with Crippen molar-refractivity contribution < 1.29 is 19.7 Å². The van der Waals surface area contributed by atoms with Crippen LogP contribution in [0.4, 0.5) is 0 Å². The number of ether oxygens (including phenoxy) is 2. The van der Waals surface area contributed by atoms with Crippen LogP contribution >= 0.6 is 63.7 Å². The topological polar surface area (TPSA) is 58.9 Å². The summed E-state index contributed by atoms with van der Waals surface area (Å²) >= 11 is 14.6. The highest BCUT2D eigenvalue weighted by atomic mass is 79.9. The molecule has 0 unspecified atom stereocenters. The zero-order chi connectivity index (χ0) is 21.7. The lowest BCUT2D eigenvalue weighted by atomic mass is 9.65. The minimum absolute atomic E-state index is 0.0304. The molecule has 0 aliphatic heterocycles. The average molecular weight is 672 g/mol. The molecule has 2 aromatic rings. The van der Waals surface area contributed by atoms with Crippen molar-refractivity contribution in [1.29, 1.82) is 0 Å². The molecule has 0 atom stereocenters. The third-order valence-electron chi connectivity index (χ3n) is 5.48. The fraction of sp³-hybridized carbons (Fsp3) is 0.455. The van der Waals surface area contributed by atoms with E-state index in [2.05, 4.69) is 88.0 Å². The van der Waals surface area contributed by atoms with Gasteiger partial charge in [0, 0.05) is 5.41 Å². The van der Waals surface area contributed by atoms with Crippen molar-refractivity contribution in [2.45, 2.75) is 37.5 Å². The predicted molar refractivity (Wildman–Crippen MR) is 133 cm³/mol. The maximum absolute atomic E-state index is 9.10. The van der Waals surface area contributed by atoms with Crippen molar-refractivity contribution in [3.63, 3.8) is 0 Å². The average Bonchev–Trinajstić information content (AvgIpc) is 2.73. The number of hydrogen-bond acceptors (Lipinski definition) is 4. The van der Waals surface area contributed by atoms with Crippen LogP contribution in [0.5, 0.6) is 11.5 Å². The second-order valence-electron chi connectivity index (χ2n) is 7.32. The third-order valence-corrected chi connectivity index (χ3v) is 7.84. The summed E-state index contributed by atoms with van der Waals surface area (Å²) < 4.78 is 14.9. The third kappa shape index (κ3) is 5.26. The molecule has 0 aromatic heterocycles. The van der Waals surface area contributed by atoms with Gasteiger partial charge in [0.1, 0.15) is 24.7 Å². The largest absolute Gasteiger partial charge is 0.489 e. The highest BCUT2D eigenvalue weighted by Gasteiger charge is 2.37. The molecule has 2 aromatic carbocycles. The molecule has 1 saturated carbocycles. The lowest BCUT2D eigenvalue weighted by Crippen LogP contribution is -2.30. The first-order valence-electron chi connectivity index (χ1n) is 9.89. The highest BCUT2D eigenvalue weighted by Crippen LogP contribution is 2.50. The van der Waals surface area contributed by atoms with E-state index in [4.69, 9.17) is 19.7 Å². The minimum Gasteiger partial charge on any atom is -0.489 e. The van der Waals surface area contributed by atoms with Crippen LogP contribution in [0, 0.1) is 0 Å². The predicted octanol–water partition coefficient (Wildman–Crippen LogP) is 6.73. The van der Waals surface area contributed by atoms with Gasteiger partial charge in [0.05, 0.1) is 31.1 Å². The molecule has 0 saturated heterocycles. The van der Waals surface area contributed by atoms with Crippen molar-refractivity contribution in [1.82, 2.24) is 0 Å². The van der Waals surface area contributed by atoms with Gasteiger partial charge in [-0.25, -0.2) is 0 Å². The summed E-state index contributed by atoms with van der Waals surface area (Å²) in [5, 5.41) is 18.2. The molecule has 0 heterocycles. The number of halogens is 4. The Kier molecular flexibility index (Phi) is 9.11. The molecule has 0 radical (unpaired) electrons. The van der Waals surface area contributed by atoms with Gasteiger partial charge in [0.25, 0.3) is 0 Å². The Hall–Kier alpha value is -0.120. The fourth-order valence-corrected chi connectivity index (χ4v) is 6.97. The Morgan fingerprint density at radius 3 is 1.37 bits per heavy atom. The van der Waals surface area contributed by atoms with Crippen LogP contribution in [0.15, 0.2) is 42.2 Å². The summed E-state index contributed by atoms with van der Waals surface area (Å²) in [5.41, 5.74) is 2.32. The summed E-state index contributed by atoms with van der Waals surface area (Å²) in [6.45, 7) is 0.433. The molecule has 2 N–H and O–H groups in total. The summed E-state index contributed by atoms with van der Waals surface area (Å²) in [7, 11) is 0. The van der Waals surface area contributed by atoms with E-state index >= 15 is 0 Å². The number of hydrogen-bond donors (Lipinski definition) is 2. The Labute approximate surface area is 210 Å². The lowest BCUT2D eigenvalue weighted by molar-refractivity contribution is 0.199. The van der Waals surface area contributed by atoms with Gasteiger partial charge in [-0.15, -0.1) is 0 Å². The van der Waals surface area contributed by atoms with Gasteiger partial charge in [0.2, 0.25) is 0 Å². The first-order valence-corrected chi connectivity index (χ1v) is 13.1. The van der Waals surface area contributed by atoms with E-state index in [1.54, 1.807) is 0 Å². The van der Waals surface area contributed by atoms with Crippen molar-refractivity contribution in [3.05, 3.63) is 53.3 Å². The van der Waals surface area contributed by atoms with Crippen LogP contribution < -0.4 is 9.47 Å². The fourth-order valence-electron chi connectivity index (χ4n) is 4.14. The van der Waals surface area contributed by atoms with Gasteiger partial charge in [-0.3, -0.25) is 0 Å². The lowest BCUT2D eigenvalue weighted by Gasteiger charge is -2.39. The summed E-state index contributed by atoms with van der Waals surface area (Å²) in [6, 6.07) is 8.56. The molecular weight excluding hydrogens is 648 g/mol. The summed E-state index contributed by atoms with van der Waals surface area (Å²) in [4.78, 5) is 0.